The number of nitrogens with zero attached hydrogens (tertiary/aromatic N) is 1. The second kappa shape index (κ2) is 7.75. The van der Waals surface area contributed by atoms with E-state index in [1.165, 1.54) is 0 Å². The standard InChI is InChI=1S/C15H20N2O4/c1-20-9-10-21-8-4-7-17-13-6-3-2-5-12(13)15(19)16-11-14(17)18/h2-3,5-6H,4,7-11H2,1H3,(H,16,19). The smallest absolute Gasteiger partial charge is 0.253 e. The van der Waals surface area contributed by atoms with Crippen molar-refractivity contribution in [3.8, 4) is 0 Å². The van der Waals surface area contributed by atoms with Crippen LogP contribution in [0.25, 0.3) is 0 Å². The highest BCUT2D eigenvalue weighted by Crippen LogP contribution is 2.22. The van der Waals surface area contributed by atoms with Crippen LogP contribution < -0.4 is 10.2 Å². The van der Waals surface area contributed by atoms with Crippen molar-refractivity contribution < 1.29 is 19.1 Å². The number of nitrogens with one attached hydrogen (secondary N) is 1. The molecule has 2 amide bonds. The van der Waals surface area contributed by atoms with Crippen LogP contribution in [0, 0.1) is 0 Å². The minimum Gasteiger partial charge on any atom is -0.382 e. The van der Waals surface area contributed by atoms with Gasteiger partial charge in [0.1, 0.15) is 0 Å². The van der Waals surface area contributed by atoms with Gasteiger partial charge in [-0.15, -0.1) is 0 Å². The molecule has 0 atom stereocenters. The van der Waals surface area contributed by atoms with Crippen LogP contribution in [-0.2, 0) is 14.3 Å². The van der Waals surface area contributed by atoms with Gasteiger partial charge in [0.05, 0.1) is 31.0 Å². The molecule has 1 aliphatic rings. The minimum absolute atomic E-state index is 0.0258. The number of amides is 2. The largest absolute Gasteiger partial charge is 0.382 e. The summed E-state index contributed by atoms with van der Waals surface area (Å²) in [6, 6.07) is 7.14. The molecular weight excluding hydrogens is 272 g/mol. The second-order valence-corrected chi connectivity index (χ2v) is 4.70. The summed E-state index contributed by atoms with van der Waals surface area (Å²) < 4.78 is 10.3. The van der Waals surface area contributed by atoms with Gasteiger partial charge in [0.15, 0.2) is 0 Å². The van der Waals surface area contributed by atoms with E-state index in [9.17, 15) is 9.59 Å². The van der Waals surface area contributed by atoms with Gasteiger partial charge in [-0.05, 0) is 18.6 Å². The first kappa shape index (κ1) is 15.5. The SMILES string of the molecule is COCCOCCCN1C(=O)CNC(=O)c2ccccc21. The van der Waals surface area contributed by atoms with Gasteiger partial charge in [-0.3, -0.25) is 9.59 Å². The summed E-state index contributed by atoms with van der Waals surface area (Å²) in [4.78, 5) is 25.7. The molecule has 1 aliphatic heterocycles. The van der Waals surface area contributed by atoms with E-state index >= 15 is 0 Å². The topological polar surface area (TPSA) is 67.9 Å². The first-order valence-corrected chi connectivity index (χ1v) is 6.98. The zero-order valence-electron chi connectivity index (χ0n) is 12.1. The van der Waals surface area contributed by atoms with Crippen LogP contribution in [0.5, 0.6) is 0 Å². The van der Waals surface area contributed by atoms with Crippen molar-refractivity contribution in [1.29, 1.82) is 0 Å². The number of ether oxygens (including phenoxy) is 2. The van der Waals surface area contributed by atoms with E-state index in [4.69, 9.17) is 9.47 Å². The summed E-state index contributed by atoms with van der Waals surface area (Å²) in [6.07, 6.45) is 0.706. The number of methoxy groups -OCH3 is 1. The van der Waals surface area contributed by atoms with Gasteiger partial charge in [0.25, 0.3) is 5.91 Å². The molecule has 0 unspecified atom stereocenters. The Kier molecular flexibility index (Phi) is 5.71. The highest BCUT2D eigenvalue weighted by molar-refractivity contribution is 6.09. The number of carbonyl (C=O) groups excluding carboxylic acids is 2. The fourth-order valence-corrected chi connectivity index (χ4v) is 2.20. The van der Waals surface area contributed by atoms with Crippen LogP contribution in [0.4, 0.5) is 5.69 Å². The molecule has 2 rings (SSSR count). The Labute approximate surface area is 124 Å². The van der Waals surface area contributed by atoms with Crippen LogP contribution >= 0.6 is 0 Å². The second-order valence-electron chi connectivity index (χ2n) is 4.70. The normalized spacial score (nSPS) is 14.6. The van der Waals surface area contributed by atoms with Crippen LogP contribution in [0.15, 0.2) is 24.3 Å². The maximum Gasteiger partial charge on any atom is 0.253 e. The molecule has 0 saturated carbocycles. The summed E-state index contributed by atoms with van der Waals surface area (Å²) in [5, 5.41) is 2.62. The zero-order chi connectivity index (χ0) is 15.1. The Morgan fingerprint density at radius 1 is 1.19 bits per heavy atom. The molecule has 0 bridgehead atoms. The van der Waals surface area contributed by atoms with Crippen LogP contribution in [0.3, 0.4) is 0 Å². The van der Waals surface area contributed by atoms with Gasteiger partial charge in [-0.25, -0.2) is 0 Å². The highest BCUT2D eigenvalue weighted by atomic mass is 16.5. The van der Waals surface area contributed by atoms with Crippen molar-refractivity contribution in [2.45, 2.75) is 6.42 Å². The molecule has 1 aromatic carbocycles. The van der Waals surface area contributed by atoms with E-state index < -0.39 is 0 Å². The van der Waals surface area contributed by atoms with Crippen molar-refractivity contribution in [3.63, 3.8) is 0 Å². The minimum atomic E-state index is -0.210. The molecule has 0 aliphatic carbocycles. The van der Waals surface area contributed by atoms with Gasteiger partial charge < -0.3 is 19.7 Å². The Morgan fingerprint density at radius 2 is 2.00 bits per heavy atom. The Bertz CT molecular complexity index is 504. The number of hydrogen-bond donors (Lipinski definition) is 1. The third-order valence-corrected chi connectivity index (χ3v) is 3.24. The van der Waals surface area contributed by atoms with Gasteiger partial charge in [0.2, 0.25) is 5.91 Å². The molecule has 6 nitrogen and oxygen atoms in total. The van der Waals surface area contributed by atoms with Gasteiger partial charge in [0, 0.05) is 20.3 Å². The summed E-state index contributed by atoms with van der Waals surface area (Å²) >= 11 is 0. The number of rotatable bonds is 7. The Hall–Kier alpha value is -1.92. The van der Waals surface area contributed by atoms with E-state index in [2.05, 4.69) is 5.32 Å². The van der Waals surface area contributed by atoms with Crippen LogP contribution in [-0.4, -0.2) is 51.8 Å². The number of anilines is 1. The summed E-state index contributed by atoms with van der Waals surface area (Å²) in [7, 11) is 1.63. The maximum absolute atomic E-state index is 12.1. The van der Waals surface area contributed by atoms with Crippen LogP contribution in [0.2, 0.25) is 0 Å². The molecule has 114 valence electrons. The molecule has 0 aromatic heterocycles. The van der Waals surface area contributed by atoms with Crippen molar-refractivity contribution in [3.05, 3.63) is 29.8 Å². The molecule has 21 heavy (non-hydrogen) atoms. The third kappa shape index (κ3) is 4.03. The molecule has 1 aromatic rings. The van der Waals surface area contributed by atoms with Crippen LogP contribution in [0.1, 0.15) is 16.8 Å². The van der Waals surface area contributed by atoms with Crippen molar-refractivity contribution >= 4 is 17.5 Å². The highest BCUT2D eigenvalue weighted by Gasteiger charge is 2.25. The lowest BCUT2D eigenvalue weighted by molar-refractivity contribution is -0.117. The molecule has 1 N–H and O–H groups in total. The van der Waals surface area contributed by atoms with E-state index in [1.54, 1.807) is 30.2 Å². The molecule has 6 heteroatoms. The van der Waals surface area contributed by atoms with Gasteiger partial charge in [-0.2, -0.15) is 0 Å². The van der Waals surface area contributed by atoms with Crippen molar-refractivity contribution in [2.75, 3.05) is 44.9 Å². The third-order valence-electron chi connectivity index (χ3n) is 3.24. The predicted molar refractivity (Wildman–Crippen MR) is 78.4 cm³/mol. The molecular formula is C15H20N2O4. The lowest BCUT2D eigenvalue weighted by Gasteiger charge is -2.22. The molecule has 1 heterocycles. The fourth-order valence-electron chi connectivity index (χ4n) is 2.20. The summed E-state index contributed by atoms with van der Waals surface area (Å²) in [6.45, 7) is 2.21. The number of para-hydroxylation sites is 1. The molecule has 0 saturated heterocycles. The van der Waals surface area contributed by atoms with E-state index in [1.807, 2.05) is 6.07 Å². The number of benzene rings is 1. The monoisotopic (exact) mass is 292 g/mol. The number of fused-ring (bicyclic) bond motifs is 1. The van der Waals surface area contributed by atoms with Gasteiger partial charge in [-0.1, -0.05) is 12.1 Å². The zero-order valence-corrected chi connectivity index (χ0v) is 12.1. The van der Waals surface area contributed by atoms with E-state index in [0.29, 0.717) is 44.0 Å². The molecule has 0 radical (unpaired) electrons. The summed E-state index contributed by atoms with van der Waals surface area (Å²) in [5.74, 6) is -0.317. The average molecular weight is 292 g/mol. The summed E-state index contributed by atoms with van der Waals surface area (Å²) in [5.41, 5.74) is 1.19. The first-order chi connectivity index (χ1) is 10.2. The Balaban J connectivity index is 1.98. The molecule has 0 fully saturated rings. The predicted octanol–water partition coefficient (Wildman–Crippen LogP) is 0.816. The fraction of sp³-hybridized carbons (Fsp3) is 0.467. The van der Waals surface area contributed by atoms with Crippen molar-refractivity contribution in [2.24, 2.45) is 0 Å². The maximum atomic E-state index is 12.1. The quantitative estimate of drug-likeness (QED) is 0.755. The van der Waals surface area contributed by atoms with E-state index in [-0.39, 0.29) is 18.4 Å². The van der Waals surface area contributed by atoms with E-state index in [0.717, 1.165) is 0 Å². The average Bonchev–Trinajstić information content (AvgIpc) is 2.62. The molecule has 0 spiro atoms. The van der Waals surface area contributed by atoms with Gasteiger partial charge >= 0.3 is 0 Å². The number of carbonyl (C=O) groups is 2. The lowest BCUT2D eigenvalue weighted by Crippen LogP contribution is -2.37. The van der Waals surface area contributed by atoms with Crippen molar-refractivity contribution in [1.82, 2.24) is 5.32 Å². The number of hydrogen-bond acceptors (Lipinski definition) is 4. The Morgan fingerprint density at radius 3 is 2.81 bits per heavy atom. The lowest BCUT2D eigenvalue weighted by atomic mass is 10.1. The first-order valence-electron chi connectivity index (χ1n) is 6.98.